The number of aromatic nitrogens is 1. The monoisotopic (exact) mass is 312 g/mol. The molecule has 3 rings (SSSR count). The zero-order chi connectivity index (χ0) is 16.4. The van der Waals surface area contributed by atoms with Crippen molar-refractivity contribution in [3.63, 3.8) is 0 Å². The lowest BCUT2D eigenvalue weighted by Gasteiger charge is -2.37. The van der Waals surface area contributed by atoms with Gasteiger partial charge in [-0.25, -0.2) is 0 Å². The first-order valence-electron chi connectivity index (χ1n) is 7.79. The second-order valence-electron chi connectivity index (χ2n) is 5.92. The molecule has 120 valence electrons. The lowest BCUT2D eigenvalue weighted by molar-refractivity contribution is -0.141. The van der Waals surface area contributed by atoms with Crippen LogP contribution in [0.4, 0.5) is 0 Å². The molecule has 1 aromatic heterocycles. The predicted octanol–water partition coefficient (Wildman–Crippen LogP) is 2.59. The van der Waals surface area contributed by atoms with Crippen LogP contribution in [0.25, 0.3) is 0 Å². The van der Waals surface area contributed by atoms with Crippen molar-refractivity contribution in [2.24, 2.45) is 0 Å². The Morgan fingerprint density at radius 2 is 1.87 bits per heavy atom. The second kappa shape index (κ2) is 6.28. The molecule has 0 bridgehead atoms. The molecule has 0 fully saturated rings. The van der Waals surface area contributed by atoms with Gasteiger partial charge < -0.3 is 14.6 Å². The van der Waals surface area contributed by atoms with E-state index in [-0.39, 0.29) is 24.8 Å². The molecule has 1 amide bonds. The Labute approximate surface area is 135 Å². The van der Waals surface area contributed by atoms with Gasteiger partial charge >= 0.3 is 5.97 Å². The fraction of sp³-hybridized carbons (Fsp3) is 0.333. The molecule has 23 heavy (non-hydrogen) atoms. The Hall–Kier alpha value is -2.56. The molecule has 1 atom stereocenters. The molecule has 1 N–H and O–H groups in total. The smallest absolute Gasteiger partial charge is 0.303 e. The lowest BCUT2D eigenvalue weighted by Crippen LogP contribution is -2.42. The number of hydrogen-bond acceptors (Lipinski definition) is 2. The summed E-state index contributed by atoms with van der Waals surface area (Å²) in [7, 11) is 0. The van der Waals surface area contributed by atoms with Crippen LogP contribution in [-0.2, 0) is 16.1 Å². The second-order valence-corrected chi connectivity index (χ2v) is 5.92. The van der Waals surface area contributed by atoms with Crippen LogP contribution in [0.1, 0.15) is 35.7 Å². The quantitative estimate of drug-likeness (QED) is 0.944. The molecule has 0 aliphatic carbocycles. The van der Waals surface area contributed by atoms with Crippen LogP contribution in [-0.4, -0.2) is 33.0 Å². The zero-order valence-electron chi connectivity index (χ0n) is 13.1. The first-order chi connectivity index (χ1) is 11.1. The van der Waals surface area contributed by atoms with E-state index >= 15 is 0 Å². The summed E-state index contributed by atoms with van der Waals surface area (Å²) in [5.41, 5.74) is 3.30. The number of carboxylic acids is 1. The van der Waals surface area contributed by atoms with Gasteiger partial charge in [0.2, 0.25) is 5.91 Å². The molecule has 0 unspecified atom stereocenters. The van der Waals surface area contributed by atoms with Crippen molar-refractivity contribution in [3.05, 3.63) is 59.4 Å². The van der Waals surface area contributed by atoms with Gasteiger partial charge in [0.05, 0.1) is 12.5 Å². The molecule has 2 aromatic rings. The Kier molecular flexibility index (Phi) is 4.19. The highest BCUT2D eigenvalue weighted by atomic mass is 16.4. The van der Waals surface area contributed by atoms with Crippen molar-refractivity contribution in [1.29, 1.82) is 0 Å². The van der Waals surface area contributed by atoms with Gasteiger partial charge in [0.25, 0.3) is 0 Å². The third kappa shape index (κ3) is 3.13. The maximum Gasteiger partial charge on any atom is 0.303 e. The highest BCUT2D eigenvalue weighted by Crippen LogP contribution is 2.33. The van der Waals surface area contributed by atoms with E-state index in [0.29, 0.717) is 6.54 Å². The topological polar surface area (TPSA) is 62.5 Å². The van der Waals surface area contributed by atoms with E-state index in [2.05, 4.69) is 4.57 Å². The van der Waals surface area contributed by atoms with Crippen molar-refractivity contribution >= 4 is 11.9 Å². The van der Waals surface area contributed by atoms with Crippen molar-refractivity contribution in [2.75, 3.05) is 6.54 Å². The number of aryl methyl sites for hydroxylation is 1. The summed E-state index contributed by atoms with van der Waals surface area (Å²) in [4.78, 5) is 25.1. The number of amides is 1. The van der Waals surface area contributed by atoms with Crippen LogP contribution >= 0.6 is 0 Å². The maximum atomic E-state index is 12.5. The van der Waals surface area contributed by atoms with Gasteiger partial charge in [-0.3, -0.25) is 9.59 Å². The number of carbonyl (C=O) groups is 2. The van der Waals surface area contributed by atoms with E-state index in [1.54, 1.807) is 0 Å². The van der Waals surface area contributed by atoms with Crippen molar-refractivity contribution < 1.29 is 14.7 Å². The third-order valence-electron chi connectivity index (χ3n) is 4.30. The van der Waals surface area contributed by atoms with Crippen molar-refractivity contribution in [2.45, 2.75) is 32.4 Å². The summed E-state index contributed by atoms with van der Waals surface area (Å²) in [6.07, 6.45) is 1.94. The summed E-state index contributed by atoms with van der Waals surface area (Å²) < 4.78 is 2.16. The molecule has 0 saturated heterocycles. The minimum atomic E-state index is -0.939. The van der Waals surface area contributed by atoms with Gasteiger partial charge in [-0.2, -0.15) is 0 Å². The Morgan fingerprint density at radius 1 is 1.13 bits per heavy atom. The molecule has 1 aromatic carbocycles. The van der Waals surface area contributed by atoms with Gasteiger partial charge in [-0.15, -0.1) is 0 Å². The Balaban J connectivity index is 1.93. The lowest BCUT2D eigenvalue weighted by atomic mass is 9.98. The molecule has 5 nitrogen and oxygen atoms in total. The summed E-state index contributed by atoms with van der Waals surface area (Å²) in [5.74, 6) is -1.05. The molecule has 0 spiro atoms. The SMILES string of the molecule is Cc1ccc([C@H]2c3cccn3CCN2C(=O)CCC(=O)O)cc1. The zero-order valence-corrected chi connectivity index (χ0v) is 13.1. The minimum Gasteiger partial charge on any atom is -0.481 e. The number of carbonyl (C=O) groups excluding carboxylic acids is 1. The Morgan fingerprint density at radius 3 is 2.57 bits per heavy atom. The molecule has 0 radical (unpaired) electrons. The highest BCUT2D eigenvalue weighted by molar-refractivity contribution is 5.81. The molecule has 5 heteroatoms. The number of fused-ring (bicyclic) bond motifs is 1. The average molecular weight is 312 g/mol. The highest BCUT2D eigenvalue weighted by Gasteiger charge is 2.31. The Bertz CT molecular complexity index is 718. The summed E-state index contributed by atoms with van der Waals surface area (Å²) in [6, 6.07) is 12.0. The summed E-state index contributed by atoms with van der Waals surface area (Å²) in [5, 5.41) is 8.82. The van der Waals surface area contributed by atoms with E-state index in [1.807, 2.05) is 54.4 Å². The fourth-order valence-electron chi connectivity index (χ4n) is 3.11. The molecular weight excluding hydrogens is 292 g/mol. The largest absolute Gasteiger partial charge is 0.481 e. The van der Waals surface area contributed by atoms with E-state index in [0.717, 1.165) is 17.8 Å². The number of rotatable bonds is 4. The third-order valence-corrected chi connectivity index (χ3v) is 4.30. The van der Waals surface area contributed by atoms with Crippen LogP contribution < -0.4 is 0 Å². The average Bonchev–Trinajstić information content (AvgIpc) is 3.01. The van der Waals surface area contributed by atoms with Crippen molar-refractivity contribution in [3.8, 4) is 0 Å². The van der Waals surface area contributed by atoms with Gasteiger partial charge in [-0.1, -0.05) is 29.8 Å². The first kappa shape index (κ1) is 15.3. The van der Waals surface area contributed by atoms with Crippen LogP contribution in [0, 0.1) is 6.92 Å². The number of nitrogens with zero attached hydrogens (tertiary/aromatic N) is 2. The summed E-state index contributed by atoms with van der Waals surface area (Å²) in [6.45, 7) is 3.37. The number of carboxylic acid groups (broad SMARTS) is 1. The van der Waals surface area contributed by atoms with Gasteiger partial charge in [0, 0.05) is 31.4 Å². The number of hydrogen-bond donors (Lipinski definition) is 1. The molecule has 1 aliphatic rings. The molecule has 2 heterocycles. The first-order valence-corrected chi connectivity index (χ1v) is 7.79. The molecule has 0 saturated carbocycles. The predicted molar refractivity (Wildman–Crippen MR) is 86.0 cm³/mol. The van der Waals surface area contributed by atoms with E-state index < -0.39 is 5.97 Å². The van der Waals surface area contributed by atoms with Crippen molar-refractivity contribution in [1.82, 2.24) is 9.47 Å². The normalized spacial score (nSPS) is 16.9. The minimum absolute atomic E-state index is 0.0401. The van der Waals surface area contributed by atoms with Crippen LogP contribution in [0.15, 0.2) is 42.6 Å². The van der Waals surface area contributed by atoms with Crippen LogP contribution in [0.3, 0.4) is 0 Å². The number of benzene rings is 1. The van der Waals surface area contributed by atoms with Gasteiger partial charge in [0.15, 0.2) is 0 Å². The molecule has 1 aliphatic heterocycles. The van der Waals surface area contributed by atoms with Gasteiger partial charge in [-0.05, 0) is 24.6 Å². The van der Waals surface area contributed by atoms with Crippen LogP contribution in [0.2, 0.25) is 0 Å². The van der Waals surface area contributed by atoms with E-state index in [1.165, 1.54) is 5.56 Å². The maximum absolute atomic E-state index is 12.5. The van der Waals surface area contributed by atoms with E-state index in [9.17, 15) is 9.59 Å². The number of aliphatic carboxylic acids is 1. The standard InChI is InChI=1S/C18H20N2O3/c1-13-4-6-14(7-5-13)18-15-3-2-10-19(15)11-12-20(18)16(21)8-9-17(22)23/h2-7,10,18H,8-9,11-12H2,1H3,(H,22,23)/t18-/m0/s1. The van der Waals surface area contributed by atoms with E-state index in [4.69, 9.17) is 5.11 Å². The molecular formula is C18H20N2O3. The summed E-state index contributed by atoms with van der Waals surface area (Å²) >= 11 is 0. The van der Waals surface area contributed by atoms with Crippen LogP contribution in [0.5, 0.6) is 0 Å². The van der Waals surface area contributed by atoms with Gasteiger partial charge in [0.1, 0.15) is 0 Å². The fourth-order valence-corrected chi connectivity index (χ4v) is 3.11.